The number of hydrogen-bond donors (Lipinski definition) is 2. The summed E-state index contributed by atoms with van der Waals surface area (Å²) in [5, 5.41) is 9.06. The highest BCUT2D eigenvalue weighted by atomic mass is 32.2. The Kier molecular flexibility index (Phi) is 7.91. The van der Waals surface area contributed by atoms with E-state index in [4.69, 9.17) is 5.11 Å². The molecule has 9 heteroatoms. The summed E-state index contributed by atoms with van der Waals surface area (Å²) in [5.74, 6) is -1.16. The van der Waals surface area contributed by atoms with Crippen LogP contribution in [0.4, 0.5) is 0 Å². The maximum atomic E-state index is 12.6. The van der Waals surface area contributed by atoms with E-state index in [2.05, 4.69) is 4.72 Å². The van der Waals surface area contributed by atoms with Crippen LogP contribution in [0, 0.1) is 6.92 Å². The molecule has 1 rings (SSSR count). The Morgan fingerprint density at radius 2 is 1.84 bits per heavy atom. The highest BCUT2D eigenvalue weighted by molar-refractivity contribution is 7.98. The number of aliphatic carboxylic acids is 1. The van der Waals surface area contributed by atoms with Gasteiger partial charge in [-0.2, -0.15) is 16.5 Å². The molecule has 0 aromatic heterocycles. The minimum Gasteiger partial charge on any atom is -0.480 e. The summed E-state index contributed by atoms with van der Waals surface area (Å²) >= 11 is 1.48. The Bertz CT molecular complexity index is 704. The number of amides is 1. The molecule has 2 N–H and O–H groups in total. The van der Waals surface area contributed by atoms with E-state index in [1.165, 1.54) is 37.9 Å². The number of hydrogen-bond acceptors (Lipinski definition) is 5. The van der Waals surface area contributed by atoms with Crippen LogP contribution in [-0.2, 0) is 19.6 Å². The van der Waals surface area contributed by atoms with Gasteiger partial charge in [0.15, 0.2) is 0 Å². The van der Waals surface area contributed by atoms with Crippen LogP contribution in [0.15, 0.2) is 29.2 Å². The number of carboxylic acids is 1. The first-order valence-electron chi connectivity index (χ1n) is 7.67. The number of sulfonamides is 1. The van der Waals surface area contributed by atoms with Gasteiger partial charge in [-0.05, 0) is 44.4 Å². The average Bonchev–Trinajstić information content (AvgIpc) is 2.56. The summed E-state index contributed by atoms with van der Waals surface area (Å²) in [5.41, 5.74) is 0.920. The highest BCUT2D eigenvalue weighted by Crippen LogP contribution is 2.14. The minimum atomic E-state index is -3.89. The second-order valence-electron chi connectivity index (χ2n) is 5.73. The lowest BCUT2D eigenvalue weighted by Crippen LogP contribution is -2.51. The molecule has 0 aliphatic carbocycles. The molecule has 0 fully saturated rings. The van der Waals surface area contributed by atoms with E-state index in [1.807, 2.05) is 13.2 Å². The number of rotatable bonds is 9. The maximum absolute atomic E-state index is 12.6. The molecule has 0 spiro atoms. The van der Waals surface area contributed by atoms with Crippen molar-refractivity contribution in [2.75, 3.05) is 19.1 Å². The van der Waals surface area contributed by atoms with Gasteiger partial charge in [-0.1, -0.05) is 17.7 Å². The van der Waals surface area contributed by atoms with Crippen molar-refractivity contribution in [2.24, 2.45) is 0 Å². The van der Waals surface area contributed by atoms with Crippen LogP contribution in [0.5, 0.6) is 0 Å². The molecule has 0 bridgehead atoms. The van der Waals surface area contributed by atoms with Crippen molar-refractivity contribution in [3.63, 3.8) is 0 Å². The van der Waals surface area contributed by atoms with Crippen LogP contribution in [0.3, 0.4) is 0 Å². The van der Waals surface area contributed by atoms with E-state index >= 15 is 0 Å². The fraction of sp³-hybridized carbons (Fsp3) is 0.500. The molecule has 0 radical (unpaired) electrons. The molecule has 25 heavy (non-hydrogen) atoms. The Labute approximate surface area is 152 Å². The molecule has 2 atom stereocenters. The van der Waals surface area contributed by atoms with E-state index < -0.39 is 34.0 Å². The Hall–Kier alpha value is -1.58. The van der Waals surface area contributed by atoms with E-state index in [0.717, 1.165) is 10.5 Å². The van der Waals surface area contributed by atoms with Gasteiger partial charge in [0.1, 0.15) is 12.1 Å². The number of benzene rings is 1. The lowest BCUT2D eigenvalue weighted by molar-refractivity contribution is -0.148. The zero-order valence-electron chi connectivity index (χ0n) is 14.7. The number of carbonyl (C=O) groups is 2. The third kappa shape index (κ3) is 6.02. The normalized spacial score (nSPS) is 13.9. The topological polar surface area (TPSA) is 104 Å². The smallest absolute Gasteiger partial charge is 0.326 e. The van der Waals surface area contributed by atoms with Crippen molar-refractivity contribution in [1.82, 2.24) is 9.62 Å². The zero-order chi connectivity index (χ0) is 19.2. The molecule has 0 saturated carbocycles. The van der Waals surface area contributed by atoms with E-state index in [-0.39, 0.29) is 11.3 Å². The van der Waals surface area contributed by atoms with Crippen molar-refractivity contribution in [3.05, 3.63) is 29.8 Å². The second kappa shape index (κ2) is 9.21. The SMILES string of the molecule is CSCCC(NS(=O)(=O)c1ccc(C)cc1)C(=O)N(C)C(C)C(=O)O. The Balaban J connectivity index is 3.03. The molecule has 1 aromatic carbocycles. The van der Waals surface area contributed by atoms with Crippen LogP contribution < -0.4 is 4.72 Å². The predicted molar refractivity (Wildman–Crippen MR) is 98.2 cm³/mol. The number of aryl methyl sites for hydroxylation is 1. The van der Waals surface area contributed by atoms with Gasteiger partial charge in [-0.15, -0.1) is 0 Å². The van der Waals surface area contributed by atoms with Crippen molar-refractivity contribution in [3.8, 4) is 0 Å². The maximum Gasteiger partial charge on any atom is 0.326 e. The number of thioether (sulfide) groups is 1. The first-order valence-corrected chi connectivity index (χ1v) is 10.5. The number of carboxylic acid groups (broad SMARTS) is 1. The standard InChI is InChI=1S/C16H24N2O5S2/c1-11-5-7-13(8-6-11)25(22,23)17-14(9-10-24-4)15(19)18(3)12(2)16(20)21/h5-8,12,14,17H,9-10H2,1-4H3,(H,20,21). The van der Waals surface area contributed by atoms with Gasteiger partial charge in [0.2, 0.25) is 15.9 Å². The summed E-state index contributed by atoms with van der Waals surface area (Å²) in [4.78, 5) is 24.8. The van der Waals surface area contributed by atoms with Crippen molar-refractivity contribution < 1.29 is 23.1 Å². The molecular weight excluding hydrogens is 364 g/mol. The number of nitrogens with zero attached hydrogens (tertiary/aromatic N) is 1. The number of likely N-dealkylation sites (N-methyl/N-ethyl adjacent to an activating group) is 1. The fourth-order valence-electron chi connectivity index (χ4n) is 2.04. The molecule has 7 nitrogen and oxygen atoms in total. The van der Waals surface area contributed by atoms with Crippen LogP contribution in [0.2, 0.25) is 0 Å². The molecule has 0 aliphatic heterocycles. The van der Waals surface area contributed by atoms with Gasteiger partial charge in [-0.25, -0.2) is 13.2 Å². The third-order valence-electron chi connectivity index (χ3n) is 3.82. The first-order chi connectivity index (χ1) is 11.6. The largest absolute Gasteiger partial charge is 0.480 e. The summed E-state index contributed by atoms with van der Waals surface area (Å²) in [6.45, 7) is 3.22. The molecule has 1 aromatic rings. The Morgan fingerprint density at radius 3 is 2.32 bits per heavy atom. The number of nitrogens with one attached hydrogen (secondary N) is 1. The fourth-order valence-corrected chi connectivity index (χ4v) is 3.74. The van der Waals surface area contributed by atoms with Crippen LogP contribution in [-0.4, -0.2) is 61.4 Å². The molecule has 1 amide bonds. The minimum absolute atomic E-state index is 0.0639. The summed E-state index contributed by atoms with van der Waals surface area (Å²) < 4.78 is 27.5. The third-order valence-corrected chi connectivity index (χ3v) is 5.95. The van der Waals surface area contributed by atoms with Gasteiger partial charge < -0.3 is 10.0 Å². The van der Waals surface area contributed by atoms with Gasteiger partial charge in [0.05, 0.1) is 4.90 Å². The van der Waals surface area contributed by atoms with Crippen molar-refractivity contribution in [1.29, 1.82) is 0 Å². The predicted octanol–water partition coefficient (Wildman–Crippen LogP) is 1.33. The summed E-state index contributed by atoms with van der Waals surface area (Å²) in [6, 6.07) is 4.21. The van der Waals surface area contributed by atoms with Gasteiger partial charge in [-0.3, -0.25) is 4.79 Å². The van der Waals surface area contributed by atoms with Crippen molar-refractivity contribution >= 4 is 33.7 Å². The molecule has 0 heterocycles. The molecule has 140 valence electrons. The molecule has 0 aliphatic rings. The molecule has 0 saturated heterocycles. The van der Waals surface area contributed by atoms with E-state index in [9.17, 15) is 18.0 Å². The van der Waals surface area contributed by atoms with Crippen LogP contribution >= 0.6 is 11.8 Å². The molecular formula is C16H24N2O5S2. The monoisotopic (exact) mass is 388 g/mol. The summed E-state index contributed by atoms with van der Waals surface area (Å²) in [7, 11) is -2.53. The van der Waals surface area contributed by atoms with Gasteiger partial charge >= 0.3 is 5.97 Å². The highest BCUT2D eigenvalue weighted by Gasteiger charge is 2.31. The van der Waals surface area contributed by atoms with Gasteiger partial charge in [0.25, 0.3) is 0 Å². The quantitative estimate of drug-likeness (QED) is 0.661. The zero-order valence-corrected chi connectivity index (χ0v) is 16.4. The lowest BCUT2D eigenvalue weighted by atomic mass is 10.2. The Morgan fingerprint density at radius 1 is 1.28 bits per heavy atom. The van der Waals surface area contributed by atoms with Crippen LogP contribution in [0.25, 0.3) is 0 Å². The van der Waals surface area contributed by atoms with Gasteiger partial charge in [0, 0.05) is 7.05 Å². The van der Waals surface area contributed by atoms with E-state index in [1.54, 1.807) is 12.1 Å². The van der Waals surface area contributed by atoms with Crippen LogP contribution in [0.1, 0.15) is 18.9 Å². The lowest BCUT2D eigenvalue weighted by Gasteiger charge is -2.27. The van der Waals surface area contributed by atoms with Crippen molar-refractivity contribution in [2.45, 2.75) is 37.2 Å². The first kappa shape index (κ1) is 21.5. The second-order valence-corrected chi connectivity index (χ2v) is 8.43. The molecule has 2 unspecified atom stereocenters. The number of carbonyl (C=O) groups excluding carboxylic acids is 1. The van der Waals surface area contributed by atoms with E-state index in [0.29, 0.717) is 5.75 Å². The average molecular weight is 389 g/mol. The summed E-state index contributed by atoms with van der Waals surface area (Å²) in [6.07, 6.45) is 2.11.